The van der Waals surface area contributed by atoms with Crippen molar-refractivity contribution in [1.29, 1.82) is 0 Å². The zero-order valence-electron chi connectivity index (χ0n) is 14.1. The molecule has 2 saturated heterocycles. The zero-order valence-corrected chi connectivity index (χ0v) is 14.1. The van der Waals surface area contributed by atoms with Gasteiger partial charge >= 0.3 is 0 Å². The van der Waals surface area contributed by atoms with Crippen LogP contribution in [-0.2, 0) is 22.6 Å². The summed E-state index contributed by atoms with van der Waals surface area (Å²) in [6.07, 6.45) is 5.11. The maximum Gasteiger partial charge on any atom is 0.249 e. The number of aromatic nitrogens is 1. The van der Waals surface area contributed by atoms with Crippen molar-refractivity contribution in [2.45, 2.75) is 38.1 Å². The predicted octanol–water partition coefficient (Wildman–Crippen LogP) is 1.97. The summed E-state index contributed by atoms with van der Waals surface area (Å²) in [6, 6.07) is 9.66. The minimum Gasteiger partial charge on any atom is -0.467 e. The van der Waals surface area contributed by atoms with Gasteiger partial charge in [0.2, 0.25) is 5.91 Å². The lowest BCUT2D eigenvalue weighted by atomic mass is 9.91. The summed E-state index contributed by atoms with van der Waals surface area (Å²) in [5, 5.41) is 2.91. The van der Waals surface area contributed by atoms with Crippen LogP contribution in [0.4, 0.5) is 0 Å². The number of furan rings is 1. The van der Waals surface area contributed by atoms with Crippen molar-refractivity contribution in [1.82, 2.24) is 15.2 Å². The van der Waals surface area contributed by atoms with Gasteiger partial charge in [-0.05, 0) is 49.6 Å². The quantitative estimate of drug-likeness (QED) is 0.901. The normalized spacial score (nSPS) is 26.3. The van der Waals surface area contributed by atoms with E-state index in [0.717, 1.165) is 43.9 Å². The van der Waals surface area contributed by atoms with E-state index in [1.54, 1.807) is 6.26 Å². The van der Waals surface area contributed by atoms with Crippen LogP contribution in [0.3, 0.4) is 0 Å². The molecule has 6 heteroatoms. The molecule has 0 saturated carbocycles. The van der Waals surface area contributed by atoms with Crippen molar-refractivity contribution in [3.8, 4) is 0 Å². The molecular weight excluding hydrogens is 318 g/mol. The summed E-state index contributed by atoms with van der Waals surface area (Å²) in [6.45, 7) is 3.14. The van der Waals surface area contributed by atoms with Gasteiger partial charge in [0.15, 0.2) is 0 Å². The maximum atomic E-state index is 12.4. The number of likely N-dealkylation sites (tertiary alicyclic amines) is 1. The molecule has 6 nitrogen and oxygen atoms in total. The lowest BCUT2D eigenvalue weighted by molar-refractivity contribution is -0.133. The molecule has 2 fully saturated rings. The molecule has 4 rings (SSSR count). The highest BCUT2D eigenvalue weighted by Gasteiger charge is 2.41. The van der Waals surface area contributed by atoms with E-state index in [-0.39, 0.29) is 18.1 Å². The fourth-order valence-corrected chi connectivity index (χ4v) is 3.73. The first-order chi connectivity index (χ1) is 12.3. The third kappa shape index (κ3) is 3.91. The van der Waals surface area contributed by atoms with Crippen LogP contribution in [0.1, 0.15) is 24.3 Å². The van der Waals surface area contributed by atoms with Gasteiger partial charge in [0.25, 0.3) is 0 Å². The van der Waals surface area contributed by atoms with Gasteiger partial charge in [-0.1, -0.05) is 6.07 Å². The fourth-order valence-electron chi connectivity index (χ4n) is 3.73. The third-order valence-corrected chi connectivity index (χ3v) is 5.06. The molecule has 0 bridgehead atoms. The van der Waals surface area contributed by atoms with Crippen molar-refractivity contribution in [2.24, 2.45) is 5.92 Å². The number of pyridine rings is 1. The van der Waals surface area contributed by atoms with Crippen LogP contribution in [-0.4, -0.2) is 41.1 Å². The second-order valence-electron chi connectivity index (χ2n) is 6.80. The topological polar surface area (TPSA) is 67.6 Å². The molecule has 0 aliphatic carbocycles. The minimum atomic E-state index is -0.347. The predicted molar refractivity (Wildman–Crippen MR) is 91.5 cm³/mol. The smallest absolute Gasteiger partial charge is 0.249 e. The van der Waals surface area contributed by atoms with Crippen LogP contribution < -0.4 is 5.32 Å². The van der Waals surface area contributed by atoms with Gasteiger partial charge in [-0.15, -0.1) is 0 Å². The number of fused-ring (bicyclic) bond motifs is 1. The Hall–Kier alpha value is -2.18. The summed E-state index contributed by atoms with van der Waals surface area (Å²) in [5.41, 5.74) is 1.08. The lowest BCUT2D eigenvalue weighted by Gasteiger charge is -2.33. The highest BCUT2D eigenvalue weighted by atomic mass is 16.5. The highest BCUT2D eigenvalue weighted by molar-refractivity contribution is 5.81. The molecule has 0 aromatic carbocycles. The summed E-state index contributed by atoms with van der Waals surface area (Å²) in [7, 11) is 0. The summed E-state index contributed by atoms with van der Waals surface area (Å²) < 4.78 is 11.3. The van der Waals surface area contributed by atoms with E-state index < -0.39 is 0 Å². The number of carbonyl (C=O) groups excluding carboxylic acids is 1. The Morgan fingerprint density at radius 3 is 3.08 bits per heavy atom. The van der Waals surface area contributed by atoms with E-state index in [4.69, 9.17) is 9.15 Å². The molecule has 2 aromatic rings. The molecule has 132 valence electrons. The zero-order chi connectivity index (χ0) is 17.1. The maximum absolute atomic E-state index is 12.4. The second kappa shape index (κ2) is 7.37. The van der Waals surface area contributed by atoms with Crippen molar-refractivity contribution in [2.75, 3.05) is 13.1 Å². The Bertz CT molecular complexity index is 689. The van der Waals surface area contributed by atoms with Crippen LogP contribution in [0.25, 0.3) is 0 Å². The molecule has 2 aromatic heterocycles. The Morgan fingerprint density at radius 2 is 2.28 bits per heavy atom. The fraction of sp³-hybridized carbons (Fsp3) is 0.474. The molecule has 4 heterocycles. The SMILES string of the molecule is O=C(NCc1ccco1)[C@@H]1C[C@H]2CCN(Cc3ccccn3)C[C@H]2O1. The molecule has 0 spiro atoms. The number of carbonyl (C=O) groups is 1. The number of piperidine rings is 1. The van der Waals surface area contributed by atoms with Gasteiger partial charge in [-0.2, -0.15) is 0 Å². The number of hydrogen-bond acceptors (Lipinski definition) is 5. The largest absolute Gasteiger partial charge is 0.467 e. The summed E-state index contributed by atoms with van der Waals surface area (Å²) in [4.78, 5) is 19.1. The first-order valence-electron chi connectivity index (χ1n) is 8.86. The molecule has 0 unspecified atom stereocenters. The molecule has 1 amide bonds. The van der Waals surface area contributed by atoms with E-state index in [1.807, 2.05) is 36.5 Å². The molecule has 0 radical (unpaired) electrons. The van der Waals surface area contributed by atoms with E-state index in [1.165, 1.54) is 0 Å². The number of nitrogens with zero attached hydrogens (tertiary/aromatic N) is 2. The Balaban J connectivity index is 1.28. The van der Waals surface area contributed by atoms with Gasteiger partial charge in [0.05, 0.1) is 24.6 Å². The van der Waals surface area contributed by atoms with E-state index in [0.29, 0.717) is 12.5 Å². The first kappa shape index (κ1) is 16.3. The van der Waals surface area contributed by atoms with Crippen LogP contribution in [0.2, 0.25) is 0 Å². The molecule has 2 aliphatic heterocycles. The molecule has 25 heavy (non-hydrogen) atoms. The van der Waals surface area contributed by atoms with Crippen molar-refractivity contribution in [3.63, 3.8) is 0 Å². The molecule has 1 N–H and O–H groups in total. The average molecular weight is 341 g/mol. The Labute approximate surface area is 147 Å². The third-order valence-electron chi connectivity index (χ3n) is 5.06. The van der Waals surface area contributed by atoms with Crippen molar-refractivity contribution in [3.05, 3.63) is 54.2 Å². The highest BCUT2D eigenvalue weighted by Crippen LogP contribution is 2.33. The summed E-state index contributed by atoms with van der Waals surface area (Å²) >= 11 is 0. The van der Waals surface area contributed by atoms with Gasteiger partial charge in [-0.3, -0.25) is 14.7 Å². The van der Waals surface area contributed by atoms with Gasteiger partial charge in [-0.25, -0.2) is 0 Å². The number of nitrogens with one attached hydrogen (secondary N) is 1. The molecular formula is C19H23N3O3. The van der Waals surface area contributed by atoms with E-state index >= 15 is 0 Å². The Kier molecular flexibility index (Phi) is 4.81. The van der Waals surface area contributed by atoms with Gasteiger partial charge in [0.1, 0.15) is 11.9 Å². The molecule has 3 atom stereocenters. The summed E-state index contributed by atoms with van der Waals surface area (Å²) in [5.74, 6) is 1.19. The number of rotatable bonds is 5. The monoisotopic (exact) mass is 341 g/mol. The first-order valence-corrected chi connectivity index (χ1v) is 8.86. The average Bonchev–Trinajstić information content (AvgIpc) is 3.30. The van der Waals surface area contributed by atoms with Gasteiger partial charge < -0.3 is 14.5 Å². The number of ether oxygens (including phenoxy) is 1. The minimum absolute atomic E-state index is 0.0397. The van der Waals surface area contributed by atoms with E-state index in [2.05, 4.69) is 15.2 Å². The van der Waals surface area contributed by atoms with Crippen molar-refractivity contribution >= 4 is 5.91 Å². The lowest BCUT2D eigenvalue weighted by Crippen LogP contribution is -2.42. The van der Waals surface area contributed by atoms with Crippen molar-refractivity contribution < 1.29 is 13.9 Å². The van der Waals surface area contributed by atoms with E-state index in [9.17, 15) is 4.79 Å². The number of hydrogen-bond donors (Lipinski definition) is 1. The number of amides is 1. The molecule has 2 aliphatic rings. The Morgan fingerprint density at radius 1 is 1.32 bits per heavy atom. The van der Waals surface area contributed by atoms with Crippen LogP contribution >= 0.6 is 0 Å². The van der Waals surface area contributed by atoms with Crippen LogP contribution in [0, 0.1) is 5.92 Å². The van der Waals surface area contributed by atoms with Crippen LogP contribution in [0.5, 0.6) is 0 Å². The standard InChI is InChI=1S/C19H23N3O3/c23-19(21-11-16-5-3-9-24-16)17-10-14-6-8-22(13-18(14)25-17)12-15-4-1-2-7-20-15/h1-5,7,9,14,17-18H,6,8,10-13H2,(H,21,23)/t14-,17+,18-/m1/s1. The second-order valence-corrected chi connectivity index (χ2v) is 6.80. The van der Waals surface area contributed by atoms with Gasteiger partial charge in [0, 0.05) is 19.3 Å². The van der Waals surface area contributed by atoms with Crippen LogP contribution in [0.15, 0.2) is 47.2 Å².